The normalized spacial score (nSPS) is 16.4. The minimum absolute atomic E-state index is 0.0239. The zero-order valence-electron chi connectivity index (χ0n) is 13.5. The SMILES string of the molecule is CN1CCC(N(CCc2ccccc2)C(=O)c2cn[nH]n2)CC1. The Kier molecular flexibility index (Phi) is 5.02. The zero-order valence-corrected chi connectivity index (χ0v) is 13.5. The Labute approximate surface area is 136 Å². The minimum Gasteiger partial charge on any atom is -0.334 e. The van der Waals surface area contributed by atoms with Crippen molar-refractivity contribution in [2.24, 2.45) is 0 Å². The molecule has 0 saturated carbocycles. The lowest BCUT2D eigenvalue weighted by Crippen LogP contribution is -2.47. The summed E-state index contributed by atoms with van der Waals surface area (Å²) in [5.41, 5.74) is 1.65. The maximum absolute atomic E-state index is 12.8. The van der Waals surface area contributed by atoms with Crippen molar-refractivity contribution in [1.29, 1.82) is 0 Å². The van der Waals surface area contributed by atoms with E-state index >= 15 is 0 Å². The van der Waals surface area contributed by atoms with Gasteiger partial charge in [-0.05, 0) is 45.0 Å². The maximum atomic E-state index is 12.8. The van der Waals surface area contributed by atoms with Crippen molar-refractivity contribution in [3.8, 4) is 0 Å². The van der Waals surface area contributed by atoms with Gasteiger partial charge in [0.25, 0.3) is 5.91 Å². The van der Waals surface area contributed by atoms with Gasteiger partial charge in [0.15, 0.2) is 5.69 Å². The summed E-state index contributed by atoms with van der Waals surface area (Å²) in [4.78, 5) is 17.1. The molecule has 23 heavy (non-hydrogen) atoms. The monoisotopic (exact) mass is 313 g/mol. The van der Waals surface area contributed by atoms with Gasteiger partial charge in [-0.3, -0.25) is 4.79 Å². The molecule has 0 bridgehead atoms. The molecule has 3 rings (SSSR count). The summed E-state index contributed by atoms with van der Waals surface area (Å²) < 4.78 is 0. The molecule has 1 amide bonds. The standard InChI is InChI=1S/C17H23N5O/c1-21-10-8-15(9-11-21)22(17(23)16-13-18-20-19-16)12-7-14-5-3-2-4-6-14/h2-6,13,15H,7-12H2,1H3,(H,18,19,20). The first-order valence-electron chi connectivity index (χ1n) is 8.13. The maximum Gasteiger partial charge on any atom is 0.276 e. The van der Waals surface area contributed by atoms with Crippen LogP contribution >= 0.6 is 0 Å². The van der Waals surface area contributed by atoms with Gasteiger partial charge in [-0.25, -0.2) is 0 Å². The van der Waals surface area contributed by atoms with E-state index in [1.165, 1.54) is 11.8 Å². The van der Waals surface area contributed by atoms with Crippen LogP contribution in [-0.2, 0) is 6.42 Å². The van der Waals surface area contributed by atoms with Gasteiger partial charge >= 0.3 is 0 Å². The number of piperidine rings is 1. The third-order valence-corrected chi connectivity index (χ3v) is 4.51. The van der Waals surface area contributed by atoms with Crippen molar-refractivity contribution in [3.05, 3.63) is 47.8 Å². The lowest BCUT2D eigenvalue weighted by Gasteiger charge is -2.37. The fourth-order valence-corrected chi connectivity index (χ4v) is 3.10. The molecule has 0 atom stereocenters. The molecule has 6 nitrogen and oxygen atoms in total. The summed E-state index contributed by atoms with van der Waals surface area (Å²) in [7, 11) is 2.13. The highest BCUT2D eigenvalue weighted by Crippen LogP contribution is 2.18. The van der Waals surface area contributed by atoms with Gasteiger partial charge in [0.05, 0.1) is 6.20 Å². The fraction of sp³-hybridized carbons (Fsp3) is 0.471. The molecule has 0 spiro atoms. The second-order valence-electron chi connectivity index (χ2n) is 6.12. The molecule has 2 aromatic rings. The number of amides is 1. The zero-order chi connectivity index (χ0) is 16.1. The number of aromatic amines is 1. The van der Waals surface area contributed by atoms with Crippen LogP contribution < -0.4 is 0 Å². The third-order valence-electron chi connectivity index (χ3n) is 4.51. The number of carbonyl (C=O) groups excluding carboxylic acids is 1. The van der Waals surface area contributed by atoms with E-state index in [1.807, 2.05) is 23.1 Å². The van der Waals surface area contributed by atoms with Crippen molar-refractivity contribution in [3.63, 3.8) is 0 Å². The first kappa shape index (κ1) is 15.7. The molecule has 122 valence electrons. The molecule has 2 heterocycles. The van der Waals surface area contributed by atoms with E-state index in [2.05, 4.69) is 39.5 Å². The second kappa shape index (κ2) is 7.37. The molecule has 1 aliphatic heterocycles. The number of hydrogen-bond acceptors (Lipinski definition) is 4. The van der Waals surface area contributed by atoms with Crippen molar-refractivity contribution >= 4 is 5.91 Å². The Bertz CT molecular complexity index is 605. The highest BCUT2D eigenvalue weighted by atomic mass is 16.2. The van der Waals surface area contributed by atoms with Crippen LogP contribution in [-0.4, -0.2) is 63.8 Å². The number of benzene rings is 1. The average Bonchev–Trinajstić information content (AvgIpc) is 3.12. The molecule has 1 N–H and O–H groups in total. The lowest BCUT2D eigenvalue weighted by atomic mass is 10.0. The molecule has 1 aromatic heterocycles. The quantitative estimate of drug-likeness (QED) is 0.910. The number of H-pyrrole nitrogens is 1. The van der Waals surface area contributed by atoms with Crippen LogP contribution in [0.4, 0.5) is 0 Å². The van der Waals surface area contributed by atoms with Crippen molar-refractivity contribution < 1.29 is 4.79 Å². The minimum atomic E-state index is -0.0239. The summed E-state index contributed by atoms with van der Waals surface area (Å²) >= 11 is 0. The van der Waals surface area contributed by atoms with E-state index in [1.54, 1.807) is 0 Å². The predicted octanol–water partition coefficient (Wildman–Crippen LogP) is 1.58. The van der Waals surface area contributed by atoms with E-state index in [0.29, 0.717) is 12.2 Å². The lowest BCUT2D eigenvalue weighted by molar-refractivity contribution is 0.0588. The van der Waals surface area contributed by atoms with Crippen molar-refractivity contribution in [2.45, 2.75) is 25.3 Å². The molecule has 1 fully saturated rings. The van der Waals surface area contributed by atoms with Crippen LogP contribution in [0.15, 0.2) is 36.5 Å². The van der Waals surface area contributed by atoms with Gasteiger partial charge < -0.3 is 9.80 Å². The Hall–Kier alpha value is -2.21. The van der Waals surface area contributed by atoms with Crippen molar-refractivity contribution in [2.75, 3.05) is 26.7 Å². The Morgan fingerprint density at radius 2 is 2.04 bits per heavy atom. The first-order valence-corrected chi connectivity index (χ1v) is 8.13. The second-order valence-corrected chi connectivity index (χ2v) is 6.12. The van der Waals surface area contributed by atoms with Gasteiger partial charge in [0, 0.05) is 12.6 Å². The van der Waals surface area contributed by atoms with Gasteiger partial charge in [0.2, 0.25) is 0 Å². The number of hydrogen-bond donors (Lipinski definition) is 1. The number of nitrogens with zero attached hydrogens (tertiary/aromatic N) is 4. The van der Waals surface area contributed by atoms with Gasteiger partial charge in [-0.2, -0.15) is 15.4 Å². The predicted molar refractivity (Wildman–Crippen MR) is 88.1 cm³/mol. The number of nitrogens with one attached hydrogen (secondary N) is 1. The van der Waals surface area contributed by atoms with E-state index in [-0.39, 0.29) is 11.9 Å². The van der Waals surface area contributed by atoms with Gasteiger partial charge in [0.1, 0.15) is 0 Å². The van der Waals surface area contributed by atoms with Crippen molar-refractivity contribution in [1.82, 2.24) is 25.2 Å². The number of likely N-dealkylation sites (tertiary alicyclic amines) is 1. The largest absolute Gasteiger partial charge is 0.334 e. The summed E-state index contributed by atoms with van der Waals surface area (Å²) in [5.74, 6) is -0.0239. The molecule has 0 aliphatic carbocycles. The molecule has 1 aromatic carbocycles. The third kappa shape index (κ3) is 3.96. The van der Waals surface area contributed by atoms with Crippen LogP contribution in [0.5, 0.6) is 0 Å². The first-order chi connectivity index (χ1) is 11.2. The van der Waals surface area contributed by atoms with Crippen LogP contribution in [0.25, 0.3) is 0 Å². The van der Waals surface area contributed by atoms with Crippen LogP contribution in [0, 0.1) is 0 Å². The Balaban J connectivity index is 1.71. The topological polar surface area (TPSA) is 65.1 Å². The van der Waals surface area contributed by atoms with Gasteiger partial charge in [-0.1, -0.05) is 30.3 Å². The number of aromatic nitrogens is 3. The van der Waals surface area contributed by atoms with E-state index in [0.717, 1.165) is 32.4 Å². The molecular formula is C17H23N5O. The Morgan fingerprint density at radius 3 is 2.70 bits per heavy atom. The molecule has 1 saturated heterocycles. The highest BCUT2D eigenvalue weighted by Gasteiger charge is 2.28. The van der Waals surface area contributed by atoms with Crippen LogP contribution in [0.2, 0.25) is 0 Å². The summed E-state index contributed by atoms with van der Waals surface area (Å²) in [6, 6.07) is 10.6. The van der Waals surface area contributed by atoms with E-state index in [9.17, 15) is 4.79 Å². The summed E-state index contributed by atoms with van der Waals surface area (Å²) in [6.07, 6.45) is 4.38. The Morgan fingerprint density at radius 1 is 1.30 bits per heavy atom. The molecule has 0 radical (unpaired) electrons. The molecule has 6 heteroatoms. The van der Waals surface area contributed by atoms with Crippen LogP contribution in [0.1, 0.15) is 28.9 Å². The molecule has 0 unspecified atom stereocenters. The van der Waals surface area contributed by atoms with E-state index in [4.69, 9.17) is 0 Å². The smallest absolute Gasteiger partial charge is 0.276 e. The highest BCUT2D eigenvalue weighted by molar-refractivity contribution is 5.92. The average molecular weight is 313 g/mol. The number of carbonyl (C=O) groups is 1. The molecular weight excluding hydrogens is 290 g/mol. The molecule has 1 aliphatic rings. The summed E-state index contributed by atoms with van der Waals surface area (Å²) in [6.45, 7) is 2.77. The van der Waals surface area contributed by atoms with Crippen LogP contribution in [0.3, 0.4) is 0 Å². The fourth-order valence-electron chi connectivity index (χ4n) is 3.10. The summed E-state index contributed by atoms with van der Waals surface area (Å²) in [5, 5.41) is 10.3. The van der Waals surface area contributed by atoms with Gasteiger partial charge in [-0.15, -0.1) is 0 Å². The number of rotatable bonds is 5. The van der Waals surface area contributed by atoms with E-state index < -0.39 is 0 Å².